The molecule has 1 unspecified atom stereocenters. The quantitative estimate of drug-likeness (QED) is 0.757. The van der Waals surface area contributed by atoms with Crippen molar-refractivity contribution in [2.24, 2.45) is 5.92 Å². The Labute approximate surface area is 98.1 Å². The third kappa shape index (κ3) is 2.69. The van der Waals surface area contributed by atoms with Crippen molar-refractivity contribution in [2.45, 2.75) is 12.8 Å². The van der Waals surface area contributed by atoms with Crippen LogP contribution in [-0.2, 0) is 11.2 Å². The van der Waals surface area contributed by atoms with Crippen molar-refractivity contribution in [1.29, 1.82) is 0 Å². The smallest absolute Gasteiger partial charge is 0.222 e. The maximum Gasteiger partial charge on any atom is 0.222 e. The van der Waals surface area contributed by atoms with Gasteiger partial charge in [0.1, 0.15) is 0 Å². The third-order valence-electron chi connectivity index (χ3n) is 2.62. The van der Waals surface area contributed by atoms with Crippen molar-refractivity contribution in [3.8, 4) is 0 Å². The zero-order chi connectivity index (χ0) is 10.7. The Balaban J connectivity index is 1.83. The lowest BCUT2D eigenvalue weighted by molar-refractivity contribution is -0.127. The zero-order valence-corrected chi connectivity index (χ0v) is 9.93. The number of likely N-dealkylation sites (tertiary alicyclic amines) is 1. The highest BCUT2D eigenvalue weighted by Crippen LogP contribution is 2.19. The van der Waals surface area contributed by atoms with E-state index in [1.165, 1.54) is 4.88 Å². The van der Waals surface area contributed by atoms with E-state index in [9.17, 15) is 4.79 Å². The molecule has 2 rings (SSSR count). The highest BCUT2D eigenvalue weighted by atomic mass is 35.5. The Morgan fingerprint density at radius 1 is 1.67 bits per heavy atom. The van der Waals surface area contributed by atoms with Gasteiger partial charge in [-0.2, -0.15) is 0 Å². The number of amides is 1. The van der Waals surface area contributed by atoms with E-state index < -0.39 is 0 Å². The Morgan fingerprint density at radius 2 is 2.53 bits per heavy atom. The molecule has 1 aromatic rings. The van der Waals surface area contributed by atoms with E-state index in [0.717, 1.165) is 19.5 Å². The fourth-order valence-electron chi connectivity index (χ4n) is 1.78. The van der Waals surface area contributed by atoms with Crippen LogP contribution in [0.1, 0.15) is 11.3 Å². The van der Waals surface area contributed by atoms with Crippen LogP contribution in [0.25, 0.3) is 0 Å². The number of rotatable bonds is 4. The number of halogens is 1. The van der Waals surface area contributed by atoms with E-state index in [1.807, 2.05) is 16.6 Å². The maximum absolute atomic E-state index is 11.6. The van der Waals surface area contributed by atoms with Crippen molar-refractivity contribution < 1.29 is 4.79 Å². The molecule has 0 radical (unpaired) electrons. The summed E-state index contributed by atoms with van der Waals surface area (Å²) in [5.41, 5.74) is 1.82. The molecule has 1 aliphatic rings. The second kappa shape index (κ2) is 4.94. The summed E-state index contributed by atoms with van der Waals surface area (Å²) in [7, 11) is 0. The lowest BCUT2D eigenvalue weighted by Gasteiger charge is -2.15. The molecule has 5 heteroatoms. The summed E-state index contributed by atoms with van der Waals surface area (Å²) in [5.74, 6) is 1.17. The van der Waals surface area contributed by atoms with Crippen molar-refractivity contribution in [2.75, 3.05) is 19.0 Å². The summed E-state index contributed by atoms with van der Waals surface area (Å²) in [6, 6.07) is 0. The van der Waals surface area contributed by atoms with Crippen LogP contribution in [0.3, 0.4) is 0 Å². The number of thiazole rings is 1. The minimum absolute atomic E-state index is 0.241. The van der Waals surface area contributed by atoms with E-state index in [1.54, 1.807) is 11.3 Å². The van der Waals surface area contributed by atoms with Gasteiger partial charge in [0.05, 0.1) is 5.51 Å². The molecule has 0 aromatic carbocycles. The number of hydrogen-bond donors (Lipinski definition) is 0. The molecule has 1 amide bonds. The molecule has 2 heterocycles. The second-order valence-electron chi connectivity index (χ2n) is 3.78. The third-order valence-corrected chi connectivity index (χ3v) is 3.90. The molecular formula is C10H13ClN2OS. The van der Waals surface area contributed by atoms with Crippen molar-refractivity contribution in [3.05, 3.63) is 16.6 Å². The molecule has 1 aliphatic heterocycles. The van der Waals surface area contributed by atoms with Crippen LogP contribution >= 0.6 is 22.9 Å². The summed E-state index contributed by atoms with van der Waals surface area (Å²) in [6.07, 6.45) is 3.39. The molecule has 0 saturated carbocycles. The Morgan fingerprint density at radius 3 is 3.13 bits per heavy atom. The predicted octanol–water partition coefficient (Wildman–Crippen LogP) is 1.77. The van der Waals surface area contributed by atoms with Crippen LogP contribution in [0.4, 0.5) is 0 Å². The molecule has 0 bridgehead atoms. The first-order valence-electron chi connectivity index (χ1n) is 5.00. The minimum Gasteiger partial charge on any atom is -0.342 e. The molecule has 1 atom stereocenters. The molecule has 0 spiro atoms. The highest BCUT2D eigenvalue weighted by molar-refractivity contribution is 7.09. The van der Waals surface area contributed by atoms with Gasteiger partial charge >= 0.3 is 0 Å². The second-order valence-corrected chi connectivity index (χ2v) is 5.06. The van der Waals surface area contributed by atoms with E-state index in [4.69, 9.17) is 11.6 Å². The monoisotopic (exact) mass is 244 g/mol. The molecule has 0 aliphatic carbocycles. The summed E-state index contributed by atoms with van der Waals surface area (Å²) < 4.78 is 0. The largest absolute Gasteiger partial charge is 0.342 e. The van der Waals surface area contributed by atoms with Gasteiger partial charge < -0.3 is 4.90 Å². The van der Waals surface area contributed by atoms with Gasteiger partial charge in [-0.15, -0.1) is 22.9 Å². The number of alkyl halides is 1. The number of carbonyl (C=O) groups excluding carboxylic acids is 1. The molecule has 1 fully saturated rings. The van der Waals surface area contributed by atoms with Gasteiger partial charge in [-0.05, 0) is 5.92 Å². The molecule has 3 nitrogen and oxygen atoms in total. The first-order chi connectivity index (χ1) is 7.29. The summed E-state index contributed by atoms with van der Waals surface area (Å²) in [5, 5.41) is 0. The molecule has 1 saturated heterocycles. The molecular weight excluding hydrogens is 232 g/mol. The summed E-state index contributed by atoms with van der Waals surface area (Å²) in [4.78, 5) is 18.7. The molecule has 0 N–H and O–H groups in total. The lowest BCUT2D eigenvalue weighted by Crippen LogP contribution is -2.27. The van der Waals surface area contributed by atoms with Crippen LogP contribution in [0, 0.1) is 5.92 Å². The molecule has 82 valence electrons. The van der Waals surface area contributed by atoms with Gasteiger partial charge in [-0.25, -0.2) is 0 Å². The van der Waals surface area contributed by atoms with Crippen molar-refractivity contribution in [3.63, 3.8) is 0 Å². The summed E-state index contributed by atoms with van der Waals surface area (Å²) in [6.45, 7) is 1.62. The van der Waals surface area contributed by atoms with E-state index in [0.29, 0.717) is 18.2 Å². The number of nitrogens with zero attached hydrogens (tertiary/aromatic N) is 2. The van der Waals surface area contributed by atoms with Crippen LogP contribution < -0.4 is 0 Å². The fourth-order valence-corrected chi connectivity index (χ4v) is 2.58. The van der Waals surface area contributed by atoms with Crippen molar-refractivity contribution >= 4 is 28.8 Å². The first kappa shape index (κ1) is 10.9. The van der Waals surface area contributed by atoms with Gasteiger partial charge in [0.25, 0.3) is 0 Å². The standard InChI is InChI=1S/C10H13ClN2OS/c11-4-8-3-10(14)13(6-8)2-1-9-5-12-7-15-9/h5,7-8H,1-4,6H2. The normalized spacial score (nSPS) is 21.3. The Kier molecular flexibility index (Phi) is 3.59. The SMILES string of the molecule is O=C1CC(CCl)CN1CCc1cncs1. The molecule has 15 heavy (non-hydrogen) atoms. The van der Waals surface area contributed by atoms with Gasteiger partial charge in [0, 0.05) is 42.9 Å². The van der Waals surface area contributed by atoms with Crippen LogP contribution in [-0.4, -0.2) is 34.8 Å². The van der Waals surface area contributed by atoms with Gasteiger partial charge in [-0.3, -0.25) is 9.78 Å². The summed E-state index contributed by atoms with van der Waals surface area (Å²) >= 11 is 7.39. The van der Waals surface area contributed by atoms with E-state index >= 15 is 0 Å². The lowest BCUT2D eigenvalue weighted by atomic mass is 10.1. The average molecular weight is 245 g/mol. The number of aromatic nitrogens is 1. The topological polar surface area (TPSA) is 33.2 Å². The van der Waals surface area contributed by atoms with Gasteiger partial charge in [0.2, 0.25) is 5.91 Å². The van der Waals surface area contributed by atoms with E-state index in [-0.39, 0.29) is 5.91 Å². The fraction of sp³-hybridized carbons (Fsp3) is 0.600. The highest BCUT2D eigenvalue weighted by Gasteiger charge is 2.28. The van der Waals surface area contributed by atoms with Gasteiger partial charge in [-0.1, -0.05) is 0 Å². The predicted molar refractivity (Wildman–Crippen MR) is 61.2 cm³/mol. The Hall–Kier alpha value is -0.610. The Bertz CT molecular complexity index is 328. The van der Waals surface area contributed by atoms with Crippen LogP contribution in [0.15, 0.2) is 11.7 Å². The number of hydrogen-bond acceptors (Lipinski definition) is 3. The minimum atomic E-state index is 0.241. The van der Waals surface area contributed by atoms with Crippen molar-refractivity contribution in [1.82, 2.24) is 9.88 Å². The molecule has 1 aromatic heterocycles. The van der Waals surface area contributed by atoms with Gasteiger partial charge in [0.15, 0.2) is 0 Å². The maximum atomic E-state index is 11.6. The van der Waals surface area contributed by atoms with Crippen LogP contribution in [0.5, 0.6) is 0 Å². The van der Waals surface area contributed by atoms with Crippen LogP contribution in [0.2, 0.25) is 0 Å². The zero-order valence-electron chi connectivity index (χ0n) is 8.36. The van der Waals surface area contributed by atoms with E-state index in [2.05, 4.69) is 4.98 Å². The first-order valence-corrected chi connectivity index (χ1v) is 6.42. The average Bonchev–Trinajstić information content (AvgIpc) is 2.84. The number of carbonyl (C=O) groups is 1.